The summed E-state index contributed by atoms with van der Waals surface area (Å²) in [6.45, 7) is 1.74. The number of aromatic nitrogens is 3. The van der Waals surface area contributed by atoms with E-state index in [0.717, 1.165) is 6.20 Å². The van der Waals surface area contributed by atoms with Crippen molar-refractivity contribution in [3.63, 3.8) is 0 Å². The Morgan fingerprint density at radius 3 is 2.92 bits per heavy atom. The summed E-state index contributed by atoms with van der Waals surface area (Å²) in [7, 11) is 0. The van der Waals surface area contributed by atoms with E-state index in [1.54, 1.807) is 6.92 Å². The highest BCUT2D eigenvalue weighted by Gasteiger charge is 2.04. The fraction of sp³-hybridized carbons (Fsp3) is 0.125. The van der Waals surface area contributed by atoms with Crippen LogP contribution in [0.1, 0.15) is 5.82 Å². The lowest BCUT2D eigenvalue weighted by Crippen LogP contribution is -1.93. The maximum atomic E-state index is 12.8. The number of pyridine rings is 1. The van der Waals surface area contributed by atoms with Crippen LogP contribution in [0.25, 0.3) is 11.0 Å². The highest BCUT2D eigenvalue weighted by molar-refractivity contribution is 7.80. The fourth-order valence-corrected chi connectivity index (χ4v) is 1.39. The molecule has 0 aliphatic heterocycles. The Labute approximate surface area is 79.5 Å². The molecule has 2 aromatic rings. The van der Waals surface area contributed by atoms with E-state index in [1.807, 2.05) is 0 Å². The van der Waals surface area contributed by atoms with Crippen molar-refractivity contribution in [1.29, 1.82) is 0 Å². The van der Waals surface area contributed by atoms with Crippen molar-refractivity contribution in [2.75, 3.05) is 0 Å². The summed E-state index contributed by atoms with van der Waals surface area (Å²) >= 11 is 4.11. The zero-order chi connectivity index (χ0) is 9.42. The highest BCUT2D eigenvalue weighted by atomic mass is 32.1. The summed E-state index contributed by atoms with van der Waals surface area (Å²) < 4.78 is 12.8. The zero-order valence-electron chi connectivity index (χ0n) is 6.82. The van der Waals surface area contributed by atoms with Crippen molar-refractivity contribution in [3.05, 3.63) is 23.9 Å². The van der Waals surface area contributed by atoms with Gasteiger partial charge in [0, 0.05) is 0 Å². The molecule has 2 heterocycles. The van der Waals surface area contributed by atoms with E-state index < -0.39 is 5.82 Å². The molecule has 0 aliphatic rings. The number of halogens is 1. The van der Waals surface area contributed by atoms with Gasteiger partial charge < -0.3 is 0 Å². The first kappa shape index (κ1) is 8.37. The van der Waals surface area contributed by atoms with Gasteiger partial charge >= 0.3 is 0 Å². The van der Waals surface area contributed by atoms with E-state index in [-0.39, 0.29) is 0 Å². The summed E-state index contributed by atoms with van der Waals surface area (Å²) in [4.78, 5) is 11.9. The molecule has 3 nitrogen and oxygen atoms in total. The molecule has 2 rings (SSSR count). The lowest BCUT2D eigenvalue weighted by Gasteiger charge is -2.00. The molecule has 0 atom stereocenters. The van der Waals surface area contributed by atoms with Crippen LogP contribution in [0.2, 0.25) is 0 Å². The number of nitrogens with zero attached hydrogens (tertiary/aromatic N) is 3. The number of hydrogen-bond donors (Lipinski definition) is 1. The van der Waals surface area contributed by atoms with Crippen LogP contribution < -0.4 is 0 Å². The van der Waals surface area contributed by atoms with E-state index in [1.165, 1.54) is 6.07 Å². The number of thiol groups is 1. The van der Waals surface area contributed by atoms with Crippen molar-refractivity contribution < 1.29 is 4.39 Å². The van der Waals surface area contributed by atoms with Crippen molar-refractivity contribution in [1.82, 2.24) is 15.0 Å². The average Bonchev–Trinajstić information content (AvgIpc) is 2.06. The van der Waals surface area contributed by atoms with E-state index in [4.69, 9.17) is 0 Å². The molecule has 0 radical (unpaired) electrons. The molecule has 5 heteroatoms. The molecule has 0 N–H and O–H groups in total. The first-order valence-corrected chi connectivity index (χ1v) is 4.10. The Balaban J connectivity index is 2.87. The summed E-state index contributed by atoms with van der Waals surface area (Å²) in [5.74, 6) is 0.173. The largest absolute Gasteiger partial charge is 0.233 e. The highest BCUT2D eigenvalue weighted by Crippen LogP contribution is 2.17. The van der Waals surface area contributed by atoms with Gasteiger partial charge in [0.2, 0.25) is 0 Å². The first-order chi connectivity index (χ1) is 6.16. The van der Waals surface area contributed by atoms with Gasteiger partial charge in [0.15, 0.2) is 5.65 Å². The Hall–Kier alpha value is -1.23. The van der Waals surface area contributed by atoms with E-state index in [9.17, 15) is 4.39 Å². The van der Waals surface area contributed by atoms with Gasteiger partial charge in [-0.25, -0.2) is 19.3 Å². The quantitative estimate of drug-likeness (QED) is 0.514. The Morgan fingerprint density at radius 1 is 1.38 bits per heavy atom. The van der Waals surface area contributed by atoms with Crippen LogP contribution in [0.15, 0.2) is 17.3 Å². The van der Waals surface area contributed by atoms with Gasteiger partial charge in [-0.3, -0.25) is 0 Å². The molecule has 0 fully saturated rings. The molecular weight excluding hydrogens is 189 g/mol. The molecule has 0 spiro atoms. The third-order valence-electron chi connectivity index (χ3n) is 1.61. The molecule has 0 aromatic carbocycles. The van der Waals surface area contributed by atoms with Crippen LogP contribution in [0.3, 0.4) is 0 Å². The average molecular weight is 195 g/mol. The molecule has 0 unspecified atom stereocenters. The van der Waals surface area contributed by atoms with Crippen molar-refractivity contribution in [2.45, 2.75) is 11.9 Å². The normalized spacial score (nSPS) is 10.7. The lowest BCUT2D eigenvalue weighted by atomic mass is 10.3. The smallest absolute Gasteiger partial charge is 0.164 e. The van der Waals surface area contributed by atoms with Gasteiger partial charge in [-0.05, 0) is 13.0 Å². The second-order valence-electron chi connectivity index (χ2n) is 2.62. The predicted molar refractivity (Wildman–Crippen MR) is 49.3 cm³/mol. The zero-order valence-corrected chi connectivity index (χ0v) is 7.72. The summed E-state index contributed by atoms with van der Waals surface area (Å²) in [5.41, 5.74) is 0.471. The molecule has 0 aliphatic carbocycles. The Kier molecular flexibility index (Phi) is 1.88. The molecule has 66 valence electrons. The lowest BCUT2D eigenvalue weighted by molar-refractivity contribution is 0.623. The summed E-state index contributed by atoms with van der Waals surface area (Å²) in [5, 5.41) is 0.989. The van der Waals surface area contributed by atoms with E-state index in [2.05, 4.69) is 27.6 Å². The number of fused-ring (bicyclic) bond motifs is 1. The minimum absolute atomic E-state index is 0.407. The van der Waals surface area contributed by atoms with Crippen LogP contribution >= 0.6 is 12.6 Å². The molecule has 2 aromatic heterocycles. The number of aryl methyl sites for hydroxylation is 1. The van der Waals surface area contributed by atoms with Crippen LogP contribution in [0, 0.1) is 12.7 Å². The van der Waals surface area contributed by atoms with Gasteiger partial charge in [0.1, 0.15) is 16.7 Å². The second-order valence-corrected chi connectivity index (χ2v) is 3.04. The van der Waals surface area contributed by atoms with E-state index >= 15 is 0 Å². The van der Waals surface area contributed by atoms with Crippen LogP contribution in [-0.2, 0) is 0 Å². The van der Waals surface area contributed by atoms with Crippen molar-refractivity contribution in [3.8, 4) is 0 Å². The molecule has 0 saturated carbocycles. The van der Waals surface area contributed by atoms with Gasteiger partial charge in [-0.15, -0.1) is 12.6 Å². The molecule has 0 saturated heterocycles. The SMILES string of the molecule is Cc1nc(S)c2cc(F)cnc2n1. The third kappa shape index (κ3) is 1.47. The standard InChI is InChI=1S/C8H6FN3S/c1-4-11-7-6(8(13)12-4)2-5(9)3-10-7/h2-3H,1H3,(H,10,11,12,13). The van der Waals surface area contributed by atoms with Crippen molar-refractivity contribution in [2.24, 2.45) is 0 Å². The second kappa shape index (κ2) is 2.92. The summed E-state index contributed by atoms with van der Waals surface area (Å²) in [6, 6.07) is 1.32. The summed E-state index contributed by atoms with van der Waals surface area (Å²) in [6.07, 6.45) is 1.13. The van der Waals surface area contributed by atoms with Crippen LogP contribution in [0.5, 0.6) is 0 Å². The molecule has 0 amide bonds. The Bertz CT molecular complexity index is 472. The van der Waals surface area contributed by atoms with Gasteiger partial charge in [-0.2, -0.15) is 0 Å². The monoisotopic (exact) mass is 195 g/mol. The van der Waals surface area contributed by atoms with Gasteiger partial charge in [0.25, 0.3) is 0 Å². The van der Waals surface area contributed by atoms with Crippen LogP contribution in [-0.4, -0.2) is 15.0 Å². The fourth-order valence-electron chi connectivity index (χ4n) is 1.08. The van der Waals surface area contributed by atoms with E-state index in [0.29, 0.717) is 21.9 Å². The minimum Gasteiger partial charge on any atom is -0.233 e. The number of rotatable bonds is 0. The molecule has 0 bridgehead atoms. The van der Waals surface area contributed by atoms with Gasteiger partial charge in [0.05, 0.1) is 11.6 Å². The minimum atomic E-state index is -0.407. The maximum Gasteiger partial charge on any atom is 0.164 e. The maximum absolute atomic E-state index is 12.8. The van der Waals surface area contributed by atoms with Crippen molar-refractivity contribution >= 4 is 23.7 Å². The van der Waals surface area contributed by atoms with Gasteiger partial charge in [-0.1, -0.05) is 0 Å². The van der Waals surface area contributed by atoms with Crippen LogP contribution in [0.4, 0.5) is 4.39 Å². The third-order valence-corrected chi connectivity index (χ3v) is 1.95. The molecular formula is C8H6FN3S. The predicted octanol–water partition coefficient (Wildman–Crippen LogP) is 1.76. The first-order valence-electron chi connectivity index (χ1n) is 3.65. The number of hydrogen-bond acceptors (Lipinski definition) is 4. The topological polar surface area (TPSA) is 38.7 Å². The Morgan fingerprint density at radius 2 is 2.15 bits per heavy atom. The molecule has 13 heavy (non-hydrogen) atoms.